The highest BCUT2D eigenvalue weighted by molar-refractivity contribution is 5.97. The van der Waals surface area contributed by atoms with Crippen molar-refractivity contribution in [2.24, 2.45) is 0 Å². The Morgan fingerprint density at radius 2 is 2.17 bits per heavy atom. The van der Waals surface area contributed by atoms with E-state index in [0.29, 0.717) is 0 Å². The minimum Gasteiger partial charge on any atom is -0.496 e. The van der Waals surface area contributed by atoms with Gasteiger partial charge in [0.15, 0.2) is 0 Å². The van der Waals surface area contributed by atoms with E-state index in [0.717, 1.165) is 25.9 Å². The SMILES string of the molecule is COc1cccc(F)c1C(=O)NC1CCNCC1. The van der Waals surface area contributed by atoms with Crippen molar-refractivity contribution in [2.75, 3.05) is 20.2 Å². The van der Waals surface area contributed by atoms with E-state index < -0.39 is 11.7 Å². The first-order valence-electron chi connectivity index (χ1n) is 6.06. The minimum absolute atomic E-state index is 0.0152. The number of methoxy groups -OCH3 is 1. The molecule has 4 nitrogen and oxygen atoms in total. The molecule has 98 valence electrons. The number of ether oxygens (including phenoxy) is 1. The average Bonchev–Trinajstić information content (AvgIpc) is 2.39. The Hall–Kier alpha value is -1.62. The van der Waals surface area contributed by atoms with Crippen LogP contribution in [0.4, 0.5) is 4.39 Å². The molecular formula is C13H17FN2O2. The summed E-state index contributed by atoms with van der Waals surface area (Å²) in [4.78, 5) is 12.1. The van der Waals surface area contributed by atoms with Crippen LogP contribution >= 0.6 is 0 Å². The lowest BCUT2D eigenvalue weighted by Gasteiger charge is -2.24. The van der Waals surface area contributed by atoms with E-state index in [1.54, 1.807) is 6.07 Å². The average molecular weight is 252 g/mol. The Kier molecular flexibility index (Phi) is 4.15. The van der Waals surface area contributed by atoms with Gasteiger partial charge in [0.2, 0.25) is 0 Å². The van der Waals surface area contributed by atoms with Crippen LogP contribution in [0.1, 0.15) is 23.2 Å². The summed E-state index contributed by atoms with van der Waals surface area (Å²) in [6.45, 7) is 1.75. The predicted molar refractivity (Wildman–Crippen MR) is 66.3 cm³/mol. The Bertz CT molecular complexity index is 431. The Labute approximate surface area is 106 Å². The molecule has 1 heterocycles. The lowest BCUT2D eigenvalue weighted by atomic mass is 10.1. The normalized spacial score (nSPS) is 16.3. The third kappa shape index (κ3) is 2.79. The zero-order chi connectivity index (χ0) is 13.0. The molecule has 0 saturated carbocycles. The van der Waals surface area contributed by atoms with Gasteiger partial charge >= 0.3 is 0 Å². The smallest absolute Gasteiger partial charge is 0.258 e. The zero-order valence-corrected chi connectivity index (χ0v) is 10.3. The molecule has 1 aliphatic heterocycles. The highest BCUT2D eigenvalue weighted by atomic mass is 19.1. The van der Waals surface area contributed by atoms with E-state index in [-0.39, 0.29) is 17.4 Å². The summed E-state index contributed by atoms with van der Waals surface area (Å²) in [5, 5.41) is 6.06. The lowest BCUT2D eigenvalue weighted by Crippen LogP contribution is -2.43. The van der Waals surface area contributed by atoms with Gasteiger partial charge in [-0.2, -0.15) is 0 Å². The number of nitrogens with one attached hydrogen (secondary N) is 2. The van der Waals surface area contributed by atoms with Crippen LogP contribution in [0.15, 0.2) is 18.2 Å². The van der Waals surface area contributed by atoms with Gasteiger partial charge in [0, 0.05) is 6.04 Å². The van der Waals surface area contributed by atoms with Gasteiger partial charge in [0.25, 0.3) is 5.91 Å². The highest BCUT2D eigenvalue weighted by Gasteiger charge is 2.21. The van der Waals surface area contributed by atoms with Crippen molar-refractivity contribution < 1.29 is 13.9 Å². The molecule has 0 spiro atoms. The van der Waals surface area contributed by atoms with Crippen molar-refractivity contribution in [3.05, 3.63) is 29.6 Å². The van der Waals surface area contributed by atoms with Crippen LogP contribution in [0.3, 0.4) is 0 Å². The molecule has 0 aliphatic carbocycles. The molecule has 1 aromatic carbocycles. The number of rotatable bonds is 3. The van der Waals surface area contributed by atoms with Crippen LogP contribution in [-0.4, -0.2) is 32.1 Å². The fourth-order valence-corrected chi connectivity index (χ4v) is 2.12. The molecule has 1 amide bonds. The van der Waals surface area contributed by atoms with Crippen molar-refractivity contribution in [1.29, 1.82) is 0 Å². The molecule has 0 atom stereocenters. The quantitative estimate of drug-likeness (QED) is 0.853. The predicted octanol–water partition coefficient (Wildman–Crippen LogP) is 1.32. The van der Waals surface area contributed by atoms with Crippen LogP contribution < -0.4 is 15.4 Å². The maximum absolute atomic E-state index is 13.7. The molecule has 0 unspecified atom stereocenters. The summed E-state index contributed by atoms with van der Waals surface area (Å²) in [6, 6.07) is 4.47. The standard InChI is InChI=1S/C13H17FN2O2/c1-18-11-4-2-3-10(14)12(11)13(17)16-9-5-7-15-8-6-9/h2-4,9,15H,5-8H2,1H3,(H,16,17). The van der Waals surface area contributed by atoms with E-state index >= 15 is 0 Å². The second-order valence-corrected chi connectivity index (χ2v) is 4.31. The van der Waals surface area contributed by atoms with Gasteiger partial charge < -0.3 is 15.4 Å². The second kappa shape index (κ2) is 5.82. The van der Waals surface area contributed by atoms with Crippen molar-refractivity contribution in [1.82, 2.24) is 10.6 Å². The second-order valence-electron chi connectivity index (χ2n) is 4.31. The van der Waals surface area contributed by atoms with Gasteiger partial charge in [0.1, 0.15) is 17.1 Å². The summed E-state index contributed by atoms with van der Waals surface area (Å²) in [5.74, 6) is -0.695. The molecule has 1 fully saturated rings. The largest absolute Gasteiger partial charge is 0.496 e. The van der Waals surface area contributed by atoms with Crippen LogP contribution in [0.5, 0.6) is 5.75 Å². The lowest BCUT2D eigenvalue weighted by molar-refractivity contribution is 0.0922. The van der Waals surface area contributed by atoms with Gasteiger partial charge in [-0.25, -0.2) is 4.39 Å². The fraction of sp³-hybridized carbons (Fsp3) is 0.462. The summed E-state index contributed by atoms with van der Waals surface area (Å²) in [5.41, 5.74) is -0.0152. The summed E-state index contributed by atoms with van der Waals surface area (Å²) in [6.07, 6.45) is 1.73. The summed E-state index contributed by atoms with van der Waals surface area (Å²) < 4.78 is 18.7. The maximum Gasteiger partial charge on any atom is 0.258 e. The van der Waals surface area contributed by atoms with Crippen molar-refractivity contribution in [3.8, 4) is 5.75 Å². The number of carbonyl (C=O) groups is 1. The number of piperidine rings is 1. The Morgan fingerprint density at radius 3 is 2.83 bits per heavy atom. The zero-order valence-electron chi connectivity index (χ0n) is 10.3. The molecule has 1 aliphatic rings. The van der Waals surface area contributed by atoms with Gasteiger partial charge in [-0.15, -0.1) is 0 Å². The monoisotopic (exact) mass is 252 g/mol. The number of carbonyl (C=O) groups excluding carboxylic acids is 1. The van der Waals surface area contributed by atoms with Crippen molar-refractivity contribution >= 4 is 5.91 Å². The van der Waals surface area contributed by atoms with Crippen molar-refractivity contribution in [3.63, 3.8) is 0 Å². The highest BCUT2D eigenvalue weighted by Crippen LogP contribution is 2.21. The van der Waals surface area contributed by atoms with Gasteiger partial charge in [-0.3, -0.25) is 4.79 Å². The molecule has 1 aromatic rings. The number of halogens is 1. The molecule has 0 aromatic heterocycles. The Balaban J connectivity index is 2.12. The van der Waals surface area contributed by atoms with E-state index in [4.69, 9.17) is 4.74 Å². The number of benzene rings is 1. The molecular weight excluding hydrogens is 235 g/mol. The Morgan fingerprint density at radius 1 is 1.44 bits per heavy atom. The molecule has 2 N–H and O–H groups in total. The third-order valence-corrected chi connectivity index (χ3v) is 3.10. The van der Waals surface area contributed by atoms with Crippen LogP contribution in [0, 0.1) is 5.82 Å². The van der Waals surface area contributed by atoms with Crippen LogP contribution in [0.25, 0.3) is 0 Å². The number of hydrogen-bond donors (Lipinski definition) is 2. The molecule has 5 heteroatoms. The molecule has 18 heavy (non-hydrogen) atoms. The first-order valence-corrected chi connectivity index (χ1v) is 6.06. The van der Waals surface area contributed by atoms with E-state index in [2.05, 4.69) is 10.6 Å². The first-order chi connectivity index (χ1) is 8.72. The fourth-order valence-electron chi connectivity index (χ4n) is 2.12. The van der Waals surface area contributed by atoms with E-state index in [1.807, 2.05) is 0 Å². The molecule has 2 rings (SSSR count). The van der Waals surface area contributed by atoms with Gasteiger partial charge in [-0.05, 0) is 38.1 Å². The number of amides is 1. The van der Waals surface area contributed by atoms with Crippen molar-refractivity contribution in [2.45, 2.75) is 18.9 Å². The topological polar surface area (TPSA) is 50.4 Å². The molecule has 0 radical (unpaired) electrons. The summed E-state index contributed by atoms with van der Waals surface area (Å²) in [7, 11) is 1.43. The van der Waals surface area contributed by atoms with Crippen LogP contribution in [0.2, 0.25) is 0 Å². The maximum atomic E-state index is 13.7. The van der Waals surface area contributed by atoms with Gasteiger partial charge in [0.05, 0.1) is 7.11 Å². The van der Waals surface area contributed by atoms with Crippen LogP contribution in [-0.2, 0) is 0 Å². The van der Waals surface area contributed by atoms with Gasteiger partial charge in [-0.1, -0.05) is 6.07 Å². The summed E-state index contributed by atoms with van der Waals surface area (Å²) >= 11 is 0. The number of hydrogen-bond acceptors (Lipinski definition) is 3. The third-order valence-electron chi connectivity index (χ3n) is 3.10. The van der Waals surface area contributed by atoms with E-state index in [9.17, 15) is 9.18 Å². The molecule has 1 saturated heterocycles. The first kappa shape index (κ1) is 12.8. The van der Waals surface area contributed by atoms with E-state index in [1.165, 1.54) is 19.2 Å². The molecule has 0 bridgehead atoms. The minimum atomic E-state index is -0.555.